The summed E-state index contributed by atoms with van der Waals surface area (Å²) in [5.41, 5.74) is 1.07. The quantitative estimate of drug-likeness (QED) is 0.845. The van der Waals surface area contributed by atoms with Crippen molar-refractivity contribution in [3.63, 3.8) is 0 Å². The van der Waals surface area contributed by atoms with Gasteiger partial charge in [-0.15, -0.1) is 0 Å². The highest BCUT2D eigenvalue weighted by Gasteiger charge is 2.31. The molecule has 0 aromatic heterocycles. The van der Waals surface area contributed by atoms with Crippen LogP contribution in [0.3, 0.4) is 0 Å². The van der Waals surface area contributed by atoms with Gasteiger partial charge in [0.05, 0.1) is 5.92 Å². The van der Waals surface area contributed by atoms with Crippen molar-refractivity contribution in [3.05, 3.63) is 35.9 Å². The van der Waals surface area contributed by atoms with Gasteiger partial charge in [-0.05, 0) is 18.4 Å². The summed E-state index contributed by atoms with van der Waals surface area (Å²) < 4.78 is 0. The van der Waals surface area contributed by atoms with E-state index in [9.17, 15) is 9.59 Å². The van der Waals surface area contributed by atoms with E-state index in [4.69, 9.17) is 0 Å². The Morgan fingerprint density at radius 3 is 2.60 bits per heavy atom. The minimum atomic E-state index is -0.0816. The number of ketones is 1. The van der Waals surface area contributed by atoms with E-state index in [1.165, 1.54) is 0 Å². The highest BCUT2D eigenvalue weighted by atomic mass is 16.2. The van der Waals surface area contributed by atoms with Crippen molar-refractivity contribution in [3.8, 4) is 0 Å². The molecule has 1 aromatic carbocycles. The molecule has 3 heteroatoms. The van der Waals surface area contributed by atoms with Crippen molar-refractivity contribution < 1.29 is 9.59 Å². The van der Waals surface area contributed by atoms with Gasteiger partial charge in [0.15, 0.2) is 0 Å². The SMILES string of the molecule is CCC1CN(C(=O)C(CC)c2ccccc2)CCC1=O. The Hall–Kier alpha value is -1.64. The van der Waals surface area contributed by atoms with Crippen LogP contribution in [0, 0.1) is 5.92 Å². The zero-order chi connectivity index (χ0) is 14.5. The molecule has 0 radical (unpaired) electrons. The van der Waals surface area contributed by atoms with Crippen LogP contribution < -0.4 is 0 Å². The van der Waals surface area contributed by atoms with Gasteiger partial charge in [0.2, 0.25) is 5.91 Å². The third kappa shape index (κ3) is 3.09. The molecule has 1 aliphatic heterocycles. The molecule has 2 atom stereocenters. The maximum atomic E-state index is 12.7. The fraction of sp³-hybridized carbons (Fsp3) is 0.529. The van der Waals surface area contributed by atoms with Crippen molar-refractivity contribution in [2.75, 3.05) is 13.1 Å². The fourth-order valence-electron chi connectivity index (χ4n) is 2.92. The minimum Gasteiger partial charge on any atom is -0.341 e. The molecule has 0 bridgehead atoms. The highest BCUT2D eigenvalue weighted by molar-refractivity contribution is 5.88. The van der Waals surface area contributed by atoms with E-state index in [2.05, 4.69) is 0 Å². The Balaban J connectivity index is 2.11. The number of piperidine rings is 1. The molecule has 1 saturated heterocycles. The summed E-state index contributed by atoms with van der Waals surface area (Å²) in [6.07, 6.45) is 2.13. The molecule has 20 heavy (non-hydrogen) atoms. The average Bonchev–Trinajstić information content (AvgIpc) is 2.49. The molecule has 0 spiro atoms. The number of Topliss-reactive ketones (excluding diaryl/α,β-unsaturated/α-hetero) is 1. The molecule has 108 valence electrons. The van der Waals surface area contributed by atoms with Gasteiger partial charge in [-0.1, -0.05) is 44.2 Å². The molecule has 1 aromatic rings. The second-order valence-electron chi connectivity index (χ2n) is 5.48. The second-order valence-corrected chi connectivity index (χ2v) is 5.48. The summed E-state index contributed by atoms with van der Waals surface area (Å²) in [5.74, 6) is 0.428. The number of carbonyl (C=O) groups excluding carboxylic acids is 2. The zero-order valence-electron chi connectivity index (χ0n) is 12.3. The molecule has 2 unspecified atom stereocenters. The van der Waals surface area contributed by atoms with Crippen LogP contribution in [-0.2, 0) is 9.59 Å². The predicted octanol–water partition coefficient (Wildman–Crippen LogP) is 3.01. The van der Waals surface area contributed by atoms with Crippen molar-refractivity contribution in [2.45, 2.75) is 39.0 Å². The molecule has 1 heterocycles. The van der Waals surface area contributed by atoms with Gasteiger partial charge < -0.3 is 4.90 Å². The number of rotatable bonds is 4. The number of benzene rings is 1. The second kappa shape index (κ2) is 6.69. The maximum absolute atomic E-state index is 12.7. The summed E-state index contributed by atoms with van der Waals surface area (Å²) in [4.78, 5) is 26.4. The molecule has 3 nitrogen and oxygen atoms in total. The van der Waals surface area contributed by atoms with Crippen LogP contribution in [-0.4, -0.2) is 29.7 Å². The average molecular weight is 273 g/mol. The molecule has 0 N–H and O–H groups in total. The van der Waals surface area contributed by atoms with E-state index >= 15 is 0 Å². The first-order valence-electron chi connectivity index (χ1n) is 7.53. The van der Waals surface area contributed by atoms with Crippen molar-refractivity contribution in [1.82, 2.24) is 4.90 Å². The van der Waals surface area contributed by atoms with Gasteiger partial charge >= 0.3 is 0 Å². The molecule has 0 aliphatic carbocycles. The van der Waals surface area contributed by atoms with E-state index in [1.807, 2.05) is 49.1 Å². The van der Waals surface area contributed by atoms with Crippen LogP contribution in [0.25, 0.3) is 0 Å². The Bertz CT molecular complexity index is 469. The number of amides is 1. The van der Waals surface area contributed by atoms with Crippen LogP contribution in [0.1, 0.15) is 44.6 Å². The minimum absolute atomic E-state index is 0.0287. The number of nitrogens with zero attached hydrogens (tertiary/aromatic N) is 1. The molecular formula is C17H23NO2. The van der Waals surface area contributed by atoms with Crippen LogP contribution in [0.15, 0.2) is 30.3 Å². The van der Waals surface area contributed by atoms with Gasteiger partial charge in [0, 0.05) is 25.4 Å². The van der Waals surface area contributed by atoms with E-state index < -0.39 is 0 Å². The van der Waals surface area contributed by atoms with Gasteiger partial charge in [-0.25, -0.2) is 0 Å². The topological polar surface area (TPSA) is 37.4 Å². The van der Waals surface area contributed by atoms with Gasteiger partial charge in [0.25, 0.3) is 0 Å². The number of carbonyl (C=O) groups is 2. The van der Waals surface area contributed by atoms with E-state index in [0.29, 0.717) is 25.3 Å². The summed E-state index contributed by atoms with van der Waals surface area (Å²) >= 11 is 0. The van der Waals surface area contributed by atoms with Crippen LogP contribution in [0.2, 0.25) is 0 Å². The lowest BCUT2D eigenvalue weighted by Crippen LogP contribution is -2.45. The largest absolute Gasteiger partial charge is 0.341 e. The summed E-state index contributed by atoms with van der Waals surface area (Å²) in [6.45, 7) is 5.24. The van der Waals surface area contributed by atoms with Crippen LogP contribution >= 0.6 is 0 Å². The summed E-state index contributed by atoms with van der Waals surface area (Å²) in [7, 11) is 0. The standard InChI is InChI=1S/C17H23NO2/c1-3-13-12-18(11-10-16(13)19)17(20)15(4-2)14-8-6-5-7-9-14/h5-9,13,15H,3-4,10-12H2,1-2H3. The third-order valence-electron chi connectivity index (χ3n) is 4.24. The highest BCUT2D eigenvalue weighted by Crippen LogP contribution is 2.25. The fourth-order valence-corrected chi connectivity index (χ4v) is 2.92. The Labute approximate surface area is 121 Å². The number of likely N-dealkylation sites (tertiary alicyclic amines) is 1. The molecule has 2 rings (SSSR count). The van der Waals surface area contributed by atoms with E-state index in [1.54, 1.807) is 0 Å². The molecule has 1 fully saturated rings. The number of hydrogen-bond donors (Lipinski definition) is 0. The summed E-state index contributed by atoms with van der Waals surface area (Å²) in [5, 5.41) is 0. The zero-order valence-corrected chi connectivity index (χ0v) is 12.3. The third-order valence-corrected chi connectivity index (χ3v) is 4.24. The van der Waals surface area contributed by atoms with Crippen LogP contribution in [0.4, 0.5) is 0 Å². The van der Waals surface area contributed by atoms with Crippen molar-refractivity contribution in [1.29, 1.82) is 0 Å². The van der Waals surface area contributed by atoms with Crippen LogP contribution in [0.5, 0.6) is 0 Å². The smallest absolute Gasteiger partial charge is 0.230 e. The number of hydrogen-bond acceptors (Lipinski definition) is 2. The molecule has 1 amide bonds. The van der Waals surface area contributed by atoms with Crippen molar-refractivity contribution in [2.24, 2.45) is 5.92 Å². The van der Waals surface area contributed by atoms with Crippen molar-refractivity contribution >= 4 is 11.7 Å². The van der Waals surface area contributed by atoms with Gasteiger partial charge in [-0.3, -0.25) is 9.59 Å². The van der Waals surface area contributed by atoms with E-state index in [0.717, 1.165) is 18.4 Å². The Kier molecular flexibility index (Phi) is 4.94. The lowest BCUT2D eigenvalue weighted by Gasteiger charge is -2.33. The first kappa shape index (κ1) is 14.8. The molecular weight excluding hydrogens is 250 g/mol. The first-order chi connectivity index (χ1) is 9.67. The summed E-state index contributed by atoms with van der Waals surface area (Å²) in [6, 6.07) is 9.93. The Morgan fingerprint density at radius 2 is 2.00 bits per heavy atom. The molecule has 1 aliphatic rings. The van der Waals surface area contributed by atoms with Gasteiger partial charge in [-0.2, -0.15) is 0 Å². The lowest BCUT2D eigenvalue weighted by atomic mass is 9.90. The van der Waals surface area contributed by atoms with Gasteiger partial charge in [0.1, 0.15) is 5.78 Å². The van der Waals surface area contributed by atoms with E-state index in [-0.39, 0.29) is 17.7 Å². The predicted molar refractivity (Wildman–Crippen MR) is 79.5 cm³/mol. The maximum Gasteiger partial charge on any atom is 0.230 e. The molecule has 0 saturated carbocycles. The monoisotopic (exact) mass is 273 g/mol. The first-order valence-corrected chi connectivity index (χ1v) is 7.53. The Morgan fingerprint density at radius 1 is 1.30 bits per heavy atom. The normalized spacial score (nSPS) is 20.8. The lowest BCUT2D eigenvalue weighted by molar-refractivity contribution is -0.138.